The quantitative estimate of drug-likeness (QED) is 0.607. The maximum absolute atomic E-state index is 12.5. The maximum Gasteiger partial charge on any atom is 0.319 e. The highest BCUT2D eigenvalue weighted by Crippen LogP contribution is 2.32. The zero-order valence-electron chi connectivity index (χ0n) is 11.2. The minimum atomic E-state index is -1.97. The topological polar surface area (TPSA) is 40.6 Å². The standard InChI is InChI=1S/C13H18N2O2Si/c1-14-11(10-8-6-5-7-9-10)12(16)15(13(14)17)18(2,3)4/h5-9,11H,1-4H3. The highest BCUT2D eigenvalue weighted by atomic mass is 28.3. The number of imide groups is 1. The Morgan fingerprint density at radius 3 is 2.06 bits per heavy atom. The summed E-state index contributed by atoms with van der Waals surface area (Å²) in [7, 11) is -0.282. The van der Waals surface area contributed by atoms with Crippen LogP contribution in [0.1, 0.15) is 11.6 Å². The van der Waals surface area contributed by atoms with Crippen LogP contribution in [0, 0.1) is 0 Å². The number of carbonyl (C=O) groups is 2. The largest absolute Gasteiger partial charge is 0.319 e. The molecule has 3 amide bonds. The summed E-state index contributed by atoms with van der Waals surface area (Å²) in [5, 5.41) is 0. The van der Waals surface area contributed by atoms with Crippen molar-refractivity contribution >= 4 is 20.2 Å². The van der Waals surface area contributed by atoms with Crippen LogP contribution in [0.4, 0.5) is 4.79 Å². The fourth-order valence-electron chi connectivity index (χ4n) is 2.27. The number of hydrogen-bond acceptors (Lipinski definition) is 2. The first-order valence-corrected chi connectivity index (χ1v) is 9.44. The molecule has 1 heterocycles. The van der Waals surface area contributed by atoms with E-state index < -0.39 is 14.3 Å². The second-order valence-corrected chi connectivity index (χ2v) is 10.3. The summed E-state index contributed by atoms with van der Waals surface area (Å²) in [6.07, 6.45) is 0. The van der Waals surface area contributed by atoms with Gasteiger partial charge in [0, 0.05) is 7.05 Å². The fraction of sp³-hybridized carbons (Fsp3) is 0.385. The van der Waals surface area contributed by atoms with Gasteiger partial charge in [0.05, 0.1) is 0 Å². The zero-order chi connectivity index (χ0) is 13.5. The van der Waals surface area contributed by atoms with Gasteiger partial charge in [-0.1, -0.05) is 50.0 Å². The van der Waals surface area contributed by atoms with Crippen LogP contribution in [0.5, 0.6) is 0 Å². The second kappa shape index (κ2) is 4.24. The third-order valence-corrected chi connectivity index (χ3v) is 4.87. The molecule has 0 N–H and O–H groups in total. The maximum atomic E-state index is 12.5. The van der Waals surface area contributed by atoms with E-state index in [0.717, 1.165) is 5.56 Å². The van der Waals surface area contributed by atoms with Crippen molar-refractivity contribution in [3.05, 3.63) is 35.9 Å². The van der Waals surface area contributed by atoms with Crippen LogP contribution in [0.15, 0.2) is 30.3 Å². The van der Waals surface area contributed by atoms with Gasteiger partial charge in [-0.15, -0.1) is 0 Å². The molecular weight excluding hydrogens is 244 g/mol. The molecule has 1 unspecified atom stereocenters. The molecule has 1 saturated heterocycles. The van der Waals surface area contributed by atoms with Gasteiger partial charge < -0.3 is 4.90 Å². The van der Waals surface area contributed by atoms with Gasteiger partial charge in [0.2, 0.25) is 5.91 Å². The van der Waals surface area contributed by atoms with Gasteiger partial charge in [0.1, 0.15) is 6.04 Å². The molecule has 1 aliphatic rings. The van der Waals surface area contributed by atoms with E-state index in [-0.39, 0.29) is 11.9 Å². The van der Waals surface area contributed by atoms with E-state index >= 15 is 0 Å². The number of benzene rings is 1. The molecule has 0 aromatic heterocycles. The average Bonchev–Trinajstić information content (AvgIpc) is 2.50. The summed E-state index contributed by atoms with van der Waals surface area (Å²) in [5.41, 5.74) is 0.874. The van der Waals surface area contributed by atoms with Gasteiger partial charge in [0.15, 0.2) is 8.24 Å². The first-order valence-electron chi connectivity index (χ1n) is 6.00. The lowest BCUT2D eigenvalue weighted by atomic mass is 10.1. The third kappa shape index (κ3) is 1.94. The molecule has 1 aromatic rings. The fourth-order valence-corrected chi connectivity index (χ4v) is 3.78. The highest BCUT2D eigenvalue weighted by molar-refractivity contribution is 6.78. The van der Waals surface area contributed by atoms with E-state index in [1.807, 2.05) is 50.0 Å². The third-order valence-electron chi connectivity index (χ3n) is 3.12. The summed E-state index contributed by atoms with van der Waals surface area (Å²) in [6, 6.07) is 8.82. The van der Waals surface area contributed by atoms with E-state index in [2.05, 4.69) is 0 Å². The molecule has 18 heavy (non-hydrogen) atoms. The molecule has 96 valence electrons. The molecular formula is C13H18N2O2Si. The van der Waals surface area contributed by atoms with Crippen molar-refractivity contribution in [2.24, 2.45) is 0 Å². The van der Waals surface area contributed by atoms with Crippen molar-refractivity contribution in [1.82, 2.24) is 9.47 Å². The molecule has 0 saturated carbocycles. The normalized spacial score (nSPS) is 20.8. The van der Waals surface area contributed by atoms with Gasteiger partial charge in [-0.2, -0.15) is 0 Å². The Morgan fingerprint density at radius 1 is 1.06 bits per heavy atom. The number of likely N-dealkylation sites (N-methyl/N-ethyl adjacent to an activating group) is 1. The van der Waals surface area contributed by atoms with Gasteiger partial charge in [-0.05, 0) is 5.56 Å². The summed E-state index contributed by atoms with van der Waals surface area (Å²) in [4.78, 5) is 26.2. The van der Waals surface area contributed by atoms with Crippen LogP contribution >= 0.6 is 0 Å². The van der Waals surface area contributed by atoms with Crippen molar-refractivity contribution in [3.8, 4) is 0 Å². The predicted octanol–water partition coefficient (Wildman–Crippen LogP) is 2.46. The molecule has 0 spiro atoms. The lowest BCUT2D eigenvalue weighted by molar-refractivity contribution is -0.125. The number of nitrogens with zero attached hydrogens (tertiary/aromatic N) is 2. The number of carbonyl (C=O) groups excluding carboxylic acids is 2. The van der Waals surface area contributed by atoms with Crippen molar-refractivity contribution < 1.29 is 9.59 Å². The van der Waals surface area contributed by atoms with E-state index in [1.54, 1.807) is 7.05 Å². The van der Waals surface area contributed by atoms with E-state index in [9.17, 15) is 9.59 Å². The van der Waals surface area contributed by atoms with Crippen molar-refractivity contribution in [1.29, 1.82) is 0 Å². The summed E-state index contributed by atoms with van der Waals surface area (Å²) in [5.74, 6) is -0.0899. The number of hydrogen-bond donors (Lipinski definition) is 0. The lowest BCUT2D eigenvalue weighted by Gasteiger charge is -2.26. The Kier molecular flexibility index (Phi) is 3.02. The Labute approximate surface area is 108 Å². The highest BCUT2D eigenvalue weighted by Gasteiger charge is 2.48. The Morgan fingerprint density at radius 2 is 1.61 bits per heavy atom. The smallest absolute Gasteiger partial charge is 0.312 e. The van der Waals surface area contributed by atoms with E-state index in [1.165, 1.54) is 9.47 Å². The van der Waals surface area contributed by atoms with E-state index in [4.69, 9.17) is 0 Å². The predicted molar refractivity (Wildman–Crippen MR) is 72.5 cm³/mol. The van der Waals surface area contributed by atoms with Gasteiger partial charge in [-0.3, -0.25) is 9.36 Å². The molecule has 0 aliphatic carbocycles. The van der Waals surface area contributed by atoms with Crippen molar-refractivity contribution in [2.75, 3.05) is 7.05 Å². The Balaban J connectivity index is 2.41. The van der Waals surface area contributed by atoms with Crippen LogP contribution in [0.2, 0.25) is 19.6 Å². The van der Waals surface area contributed by atoms with Crippen LogP contribution in [-0.2, 0) is 4.79 Å². The number of urea groups is 1. The number of amides is 3. The first-order chi connectivity index (χ1) is 8.34. The molecule has 1 aliphatic heterocycles. The van der Waals surface area contributed by atoms with Crippen LogP contribution in [0.25, 0.3) is 0 Å². The first kappa shape index (κ1) is 12.8. The summed E-state index contributed by atoms with van der Waals surface area (Å²) in [6.45, 7) is 6.01. The zero-order valence-corrected chi connectivity index (χ0v) is 12.2. The van der Waals surface area contributed by atoms with Crippen LogP contribution in [0.3, 0.4) is 0 Å². The van der Waals surface area contributed by atoms with Crippen LogP contribution in [-0.4, -0.2) is 36.7 Å². The summed E-state index contributed by atoms with van der Waals surface area (Å²) < 4.78 is 1.48. The summed E-state index contributed by atoms with van der Waals surface area (Å²) >= 11 is 0. The SMILES string of the molecule is CN1C(=O)N([Si](C)(C)C)C(=O)C1c1ccccc1. The van der Waals surface area contributed by atoms with Gasteiger partial charge in [-0.25, -0.2) is 4.79 Å². The van der Waals surface area contributed by atoms with E-state index in [0.29, 0.717) is 0 Å². The van der Waals surface area contributed by atoms with Gasteiger partial charge >= 0.3 is 6.03 Å². The Bertz CT molecular complexity index is 482. The molecule has 4 nitrogen and oxygen atoms in total. The lowest BCUT2D eigenvalue weighted by Crippen LogP contribution is -2.50. The molecule has 2 rings (SSSR count). The molecule has 5 heteroatoms. The Hall–Kier alpha value is -1.62. The minimum Gasteiger partial charge on any atom is -0.312 e. The number of rotatable bonds is 2. The molecule has 1 aromatic carbocycles. The minimum absolute atomic E-state index is 0.0899. The van der Waals surface area contributed by atoms with Gasteiger partial charge in [0.25, 0.3) is 0 Å². The average molecular weight is 262 g/mol. The monoisotopic (exact) mass is 262 g/mol. The van der Waals surface area contributed by atoms with Crippen molar-refractivity contribution in [2.45, 2.75) is 25.7 Å². The van der Waals surface area contributed by atoms with Crippen molar-refractivity contribution in [3.63, 3.8) is 0 Å². The molecule has 0 bridgehead atoms. The molecule has 1 fully saturated rings. The van der Waals surface area contributed by atoms with Crippen LogP contribution < -0.4 is 0 Å². The molecule has 0 radical (unpaired) electrons. The molecule has 1 atom stereocenters. The second-order valence-electron chi connectivity index (χ2n) is 5.55.